The van der Waals surface area contributed by atoms with Gasteiger partial charge in [0.15, 0.2) is 5.65 Å². The highest BCUT2D eigenvalue weighted by atomic mass is 32.2. The van der Waals surface area contributed by atoms with Crippen molar-refractivity contribution in [3.05, 3.63) is 72.3 Å². The van der Waals surface area contributed by atoms with Gasteiger partial charge in [0.1, 0.15) is 0 Å². The minimum Gasteiger partial charge on any atom is -0.481 e. The average molecular weight is 601 g/mol. The summed E-state index contributed by atoms with van der Waals surface area (Å²) in [5.41, 5.74) is 5.10. The Hall–Kier alpha value is -4.22. The highest BCUT2D eigenvalue weighted by Crippen LogP contribution is 2.40. The van der Waals surface area contributed by atoms with Crippen LogP contribution in [0.3, 0.4) is 0 Å². The van der Waals surface area contributed by atoms with Crippen molar-refractivity contribution in [1.82, 2.24) is 28.6 Å². The van der Waals surface area contributed by atoms with Gasteiger partial charge in [-0.25, -0.2) is 22.4 Å². The van der Waals surface area contributed by atoms with Crippen molar-refractivity contribution in [2.75, 3.05) is 34.4 Å². The maximum Gasteiger partial charge on any atom is 0.269 e. The molecule has 6 rings (SSSR count). The van der Waals surface area contributed by atoms with Crippen molar-refractivity contribution < 1.29 is 17.9 Å². The summed E-state index contributed by atoms with van der Waals surface area (Å²) in [5.74, 6) is 0.984. The lowest BCUT2D eigenvalue weighted by molar-refractivity contribution is 0.210. The minimum absolute atomic E-state index is 0.205. The minimum atomic E-state index is -3.97. The molecule has 1 aliphatic rings. The van der Waals surface area contributed by atoms with Gasteiger partial charge in [0, 0.05) is 52.4 Å². The third-order valence-corrected chi connectivity index (χ3v) is 10.00. The van der Waals surface area contributed by atoms with Crippen molar-refractivity contribution in [2.24, 2.45) is 0 Å². The number of ether oxygens (including phenoxy) is 2. The molecule has 0 aliphatic carbocycles. The van der Waals surface area contributed by atoms with E-state index in [2.05, 4.69) is 16.9 Å². The van der Waals surface area contributed by atoms with Gasteiger partial charge in [0.2, 0.25) is 11.8 Å². The highest BCUT2D eigenvalue weighted by Gasteiger charge is 2.29. The lowest BCUT2D eigenvalue weighted by Gasteiger charge is -2.28. The molecule has 0 radical (unpaired) electrons. The number of fused-ring (bicyclic) bond motifs is 1. The molecular weight excluding hydrogens is 564 g/mol. The normalized spacial score (nSPS) is 14.8. The van der Waals surface area contributed by atoms with Crippen LogP contribution in [0, 0.1) is 6.92 Å². The van der Waals surface area contributed by atoms with Gasteiger partial charge >= 0.3 is 0 Å². The Balaban J connectivity index is 1.57. The lowest BCUT2D eigenvalue weighted by Crippen LogP contribution is -2.31. The predicted molar refractivity (Wildman–Crippen MR) is 166 cm³/mol. The van der Waals surface area contributed by atoms with E-state index in [4.69, 9.17) is 19.6 Å². The van der Waals surface area contributed by atoms with Gasteiger partial charge in [-0.05, 0) is 70.6 Å². The molecule has 0 N–H and O–H groups in total. The van der Waals surface area contributed by atoms with E-state index in [0.29, 0.717) is 34.9 Å². The van der Waals surface area contributed by atoms with Crippen molar-refractivity contribution >= 4 is 21.1 Å². The standard InChI is InChI=1S/C32H36N6O4S/c1-6-28-30(22-9-12-29(41-4)33-18-22)26-17-23(27-20-37(35-32(27)42-5)24-13-15-36(3)16-14-24)19-34-31(26)38(28)43(39,40)25-10-7-21(2)8-11-25/h7-12,17-20,24H,6,13-16H2,1-5H3. The van der Waals surface area contributed by atoms with E-state index in [9.17, 15) is 8.42 Å². The van der Waals surface area contributed by atoms with Crippen LogP contribution in [-0.2, 0) is 16.4 Å². The number of likely N-dealkylation sites (tertiary alicyclic amines) is 1. The van der Waals surface area contributed by atoms with E-state index in [1.165, 1.54) is 3.97 Å². The van der Waals surface area contributed by atoms with Crippen LogP contribution < -0.4 is 9.47 Å². The Morgan fingerprint density at radius 1 is 0.953 bits per heavy atom. The summed E-state index contributed by atoms with van der Waals surface area (Å²) in [6.07, 6.45) is 7.90. The number of benzene rings is 1. The maximum absolute atomic E-state index is 14.2. The molecule has 0 amide bonds. The molecule has 0 spiro atoms. The van der Waals surface area contributed by atoms with Crippen LogP contribution in [0.25, 0.3) is 33.3 Å². The van der Waals surface area contributed by atoms with Crippen LogP contribution >= 0.6 is 0 Å². The number of aryl methyl sites for hydroxylation is 1. The molecule has 5 aromatic rings. The Morgan fingerprint density at radius 3 is 2.30 bits per heavy atom. The Labute approximate surface area is 252 Å². The molecule has 1 saturated heterocycles. The molecular formula is C32H36N6O4S. The molecule has 1 aromatic carbocycles. The van der Waals surface area contributed by atoms with Gasteiger partial charge in [-0.1, -0.05) is 24.6 Å². The first kappa shape index (κ1) is 28.9. The lowest BCUT2D eigenvalue weighted by atomic mass is 10.0. The molecule has 0 saturated carbocycles. The fraction of sp³-hybridized carbons (Fsp3) is 0.344. The summed E-state index contributed by atoms with van der Waals surface area (Å²) in [4.78, 5) is 11.8. The van der Waals surface area contributed by atoms with Gasteiger partial charge in [-0.3, -0.25) is 4.68 Å². The van der Waals surface area contributed by atoms with Crippen molar-refractivity contribution in [3.8, 4) is 34.0 Å². The van der Waals surface area contributed by atoms with Crippen LogP contribution in [0.2, 0.25) is 0 Å². The zero-order chi connectivity index (χ0) is 30.3. The van der Waals surface area contributed by atoms with E-state index in [1.54, 1.807) is 56.9 Å². The average Bonchev–Trinajstić information content (AvgIpc) is 3.61. The molecule has 0 bridgehead atoms. The summed E-state index contributed by atoms with van der Waals surface area (Å²) >= 11 is 0. The van der Waals surface area contributed by atoms with Crippen molar-refractivity contribution in [3.63, 3.8) is 0 Å². The molecule has 0 atom stereocenters. The van der Waals surface area contributed by atoms with Crippen LogP contribution in [0.15, 0.2) is 66.0 Å². The van der Waals surface area contributed by atoms with Crippen LogP contribution in [-0.4, -0.2) is 71.4 Å². The summed E-state index contributed by atoms with van der Waals surface area (Å²) in [5, 5.41) is 5.48. The number of hydrogen-bond acceptors (Lipinski definition) is 8. The van der Waals surface area contributed by atoms with Gasteiger partial charge in [-0.2, -0.15) is 0 Å². The molecule has 43 heavy (non-hydrogen) atoms. The first-order valence-electron chi connectivity index (χ1n) is 14.4. The Morgan fingerprint density at radius 2 is 1.67 bits per heavy atom. The number of pyridine rings is 2. The first-order chi connectivity index (χ1) is 20.7. The number of hydrogen-bond donors (Lipinski definition) is 0. The topological polar surface area (TPSA) is 104 Å². The van der Waals surface area contributed by atoms with Gasteiger partial charge < -0.3 is 14.4 Å². The van der Waals surface area contributed by atoms with E-state index >= 15 is 0 Å². The molecule has 11 heteroatoms. The van der Waals surface area contributed by atoms with E-state index in [-0.39, 0.29) is 10.9 Å². The zero-order valence-electron chi connectivity index (χ0n) is 25.1. The van der Waals surface area contributed by atoms with Crippen molar-refractivity contribution in [2.45, 2.75) is 44.0 Å². The number of aromatic nitrogens is 5. The van der Waals surface area contributed by atoms with Crippen LogP contribution in [0.5, 0.6) is 11.8 Å². The summed E-state index contributed by atoms with van der Waals surface area (Å²) < 4.78 is 42.8. The molecule has 0 unspecified atom stereocenters. The predicted octanol–water partition coefficient (Wildman–Crippen LogP) is 5.35. The second-order valence-corrected chi connectivity index (χ2v) is 12.8. The van der Waals surface area contributed by atoms with E-state index in [0.717, 1.165) is 53.7 Å². The zero-order valence-corrected chi connectivity index (χ0v) is 25.9. The molecule has 1 aliphatic heterocycles. The second kappa shape index (κ2) is 11.5. The smallest absolute Gasteiger partial charge is 0.269 e. The quantitative estimate of drug-likeness (QED) is 0.235. The van der Waals surface area contributed by atoms with E-state index in [1.807, 2.05) is 36.9 Å². The fourth-order valence-electron chi connectivity index (χ4n) is 5.87. The number of rotatable bonds is 8. The SMILES string of the molecule is CCc1c(-c2ccc(OC)nc2)c2cc(-c3cn(C4CCN(C)CC4)nc3OC)cnc2n1S(=O)(=O)c1ccc(C)cc1. The highest BCUT2D eigenvalue weighted by molar-refractivity contribution is 7.90. The monoisotopic (exact) mass is 600 g/mol. The number of methoxy groups -OCH3 is 2. The van der Waals surface area contributed by atoms with Crippen molar-refractivity contribution in [1.29, 1.82) is 0 Å². The first-order valence-corrected chi connectivity index (χ1v) is 15.9. The van der Waals surface area contributed by atoms with Crippen LogP contribution in [0.1, 0.15) is 37.1 Å². The largest absolute Gasteiger partial charge is 0.481 e. The molecule has 5 heterocycles. The molecule has 1 fully saturated rings. The van der Waals surface area contributed by atoms with E-state index < -0.39 is 10.0 Å². The van der Waals surface area contributed by atoms with Gasteiger partial charge in [0.25, 0.3) is 10.0 Å². The third kappa shape index (κ3) is 5.16. The maximum atomic E-state index is 14.2. The number of nitrogens with zero attached hydrogens (tertiary/aromatic N) is 6. The Kier molecular flexibility index (Phi) is 7.70. The third-order valence-electron chi connectivity index (χ3n) is 8.25. The van der Waals surface area contributed by atoms with Crippen LogP contribution in [0.4, 0.5) is 0 Å². The molecule has 10 nitrogen and oxygen atoms in total. The van der Waals surface area contributed by atoms with Gasteiger partial charge in [-0.15, -0.1) is 5.10 Å². The molecule has 224 valence electrons. The summed E-state index contributed by atoms with van der Waals surface area (Å²) in [7, 11) is 1.35. The second-order valence-electron chi connectivity index (χ2n) is 11.0. The molecule has 4 aromatic heterocycles. The van der Waals surface area contributed by atoms with Gasteiger partial charge in [0.05, 0.1) is 30.7 Å². The summed E-state index contributed by atoms with van der Waals surface area (Å²) in [6, 6.07) is 12.8. The number of piperidine rings is 1. The summed E-state index contributed by atoms with van der Waals surface area (Å²) in [6.45, 7) is 5.90. The Bertz CT molecular complexity index is 1870. The fourth-order valence-corrected chi connectivity index (χ4v) is 7.45.